The standard InChI is InChI=1S/C17H27FN2.ClH/c1-13(2)17(15-4-6-16(18)7-5-15)20(3)12-14-8-10-19-11-9-14;/h4-7,13-14,17,19H,8-12H2,1-3H3;1H. The molecule has 120 valence electrons. The van der Waals surface area contributed by atoms with Gasteiger partial charge in [0, 0.05) is 12.6 Å². The lowest BCUT2D eigenvalue weighted by atomic mass is 9.92. The van der Waals surface area contributed by atoms with Crippen LogP contribution in [-0.4, -0.2) is 31.6 Å². The zero-order valence-electron chi connectivity index (χ0n) is 13.3. The largest absolute Gasteiger partial charge is 0.317 e. The van der Waals surface area contributed by atoms with Crippen LogP contribution in [-0.2, 0) is 0 Å². The van der Waals surface area contributed by atoms with Gasteiger partial charge in [0.05, 0.1) is 0 Å². The van der Waals surface area contributed by atoms with Gasteiger partial charge in [-0.1, -0.05) is 26.0 Å². The SMILES string of the molecule is CC(C)C(c1ccc(F)cc1)N(C)CC1CCNCC1.Cl. The third kappa shape index (κ3) is 5.24. The van der Waals surface area contributed by atoms with Gasteiger partial charge in [0.25, 0.3) is 0 Å². The number of piperidine rings is 1. The highest BCUT2D eigenvalue weighted by molar-refractivity contribution is 5.85. The summed E-state index contributed by atoms with van der Waals surface area (Å²) in [6.45, 7) is 7.89. The van der Waals surface area contributed by atoms with Gasteiger partial charge in [0.15, 0.2) is 0 Å². The molecule has 1 aromatic rings. The second kappa shape index (κ2) is 8.72. The van der Waals surface area contributed by atoms with Crippen molar-refractivity contribution in [2.24, 2.45) is 11.8 Å². The number of hydrogen-bond acceptors (Lipinski definition) is 2. The summed E-state index contributed by atoms with van der Waals surface area (Å²) in [6, 6.07) is 7.37. The van der Waals surface area contributed by atoms with Gasteiger partial charge in [-0.05, 0) is 62.5 Å². The number of hydrogen-bond donors (Lipinski definition) is 1. The Kier molecular flexibility index (Phi) is 7.64. The number of rotatable bonds is 5. The summed E-state index contributed by atoms with van der Waals surface area (Å²) in [6.07, 6.45) is 2.52. The molecule has 1 unspecified atom stereocenters. The van der Waals surface area contributed by atoms with Crippen molar-refractivity contribution in [2.75, 3.05) is 26.7 Å². The highest BCUT2D eigenvalue weighted by Crippen LogP contribution is 2.29. The smallest absolute Gasteiger partial charge is 0.123 e. The molecule has 1 saturated heterocycles. The minimum atomic E-state index is -0.155. The Morgan fingerprint density at radius 1 is 1.19 bits per heavy atom. The molecule has 0 spiro atoms. The molecule has 0 aromatic heterocycles. The molecular weight excluding hydrogens is 287 g/mol. The Labute approximate surface area is 134 Å². The van der Waals surface area contributed by atoms with Gasteiger partial charge in [0.1, 0.15) is 5.82 Å². The molecule has 0 amide bonds. The second-order valence-electron chi connectivity index (χ2n) is 6.37. The summed E-state index contributed by atoms with van der Waals surface area (Å²) in [4.78, 5) is 2.45. The quantitative estimate of drug-likeness (QED) is 0.887. The van der Waals surface area contributed by atoms with Gasteiger partial charge < -0.3 is 5.32 Å². The Hall–Kier alpha value is -0.640. The van der Waals surface area contributed by atoms with Gasteiger partial charge in [0.2, 0.25) is 0 Å². The molecule has 1 aliphatic heterocycles. The van der Waals surface area contributed by atoms with Crippen LogP contribution in [0.1, 0.15) is 38.3 Å². The van der Waals surface area contributed by atoms with Crippen molar-refractivity contribution in [3.63, 3.8) is 0 Å². The molecule has 0 radical (unpaired) electrons. The van der Waals surface area contributed by atoms with Crippen LogP contribution in [0.25, 0.3) is 0 Å². The summed E-state index contributed by atoms with van der Waals surface area (Å²) in [5.74, 6) is 1.15. The first-order chi connectivity index (χ1) is 9.58. The zero-order valence-corrected chi connectivity index (χ0v) is 14.1. The minimum Gasteiger partial charge on any atom is -0.317 e. The number of benzene rings is 1. The van der Waals surface area contributed by atoms with Crippen LogP contribution < -0.4 is 5.32 Å². The lowest BCUT2D eigenvalue weighted by Gasteiger charge is -2.35. The summed E-state index contributed by atoms with van der Waals surface area (Å²) < 4.78 is 13.1. The Morgan fingerprint density at radius 3 is 2.29 bits per heavy atom. The van der Waals surface area contributed by atoms with E-state index in [1.807, 2.05) is 12.1 Å². The minimum absolute atomic E-state index is 0. The zero-order chi connectivity index (χ0) is 14.5. The van der Waals surface area contributed by atoms with Crippen LogP contribution >= 0.6 is 12.4 Å². The summed E-state index contributed by atoms with van der Waals surface area (Å²) in [7, 11) is 2.20. The molecule has 1 heterocycles. The van der Waals surface area contributed by atoms with Crippen LogP contribution in [0.15, 0.2) is 24.3 Å². The fraction of sp³-hybridized carbons (Fsp3) is 0.647. The highest BCUT2D eigenvalue weighted by Gasteiger charge is 2.24. The van der Waals surface area contributed by atoms with Gasteiger partial charge >= 0.3 is 0 Å². The maximum atomic E-state index is 13.1. The Bertz CT molecular complexity index is 402. The maximum Gasteiger partial charge on any atom is 0.123 e. The topological polar surface area (TPSA) is 15.3 Å². The molecule has 2 nitrogen and oxygen atoms in total. The molecule has 0 saturated carbocycles. The van der Waals surface area contributed by atoms with Gasteiger partial charge in [-0.3, -0.25) is 4.90 Å². The summed E-state index contributed by atoms with van der Waals surface area (Å²) in [5, 5.41) is 3.42. The van der Waals surface area contributed by atoms with Crippen LogP contribution in [0.4, 0.5) is 4.39 Å². The Balaban J connectivity index is 0.00000220. The van der Waals surface area contributed by atoms with E-state index in [-0.39, 0.29) is 18.2 Å². The van der Waals surface area contributed by atoms with Crippen molar-refractivity contribution in [3.8, 4) is 0 Å². The lowest BCUT2D eigenvalue weighted by Crippen LogP contribution is -2.37. The maximum absolute atomic E-state index is 13.1. The molecule has 21 heavy (non-hydrogen) atoms. The predicted octanol–water partition coefficient (Wildman–Crippen LogP) is 3.88. The summed E-state index contributed by atoms with van der Waals surface area (Å²) in [5.41, 5.74) is 1.22. The van der Waals surface area contributed by atoms with Gasteiger partial charge in [-0.15, -0.1) is 12.4 Å². The first kappa shape index (κ1) is 18.4. The first-order valence-electron chi connectivity index (χ1n) is 7.74. The van der Waals surface area contributed by atoms with E-state index in [0.29, 0.717) is 12.0 Å². The van der Waals surface area contributed by atoms with Gasteiger partial charge in [-0.25, -0.2) is 4.39 Å². The fourth-order valence-corrected chi connectivity index (χ4v) is 3.39. The van der Waals surface area contributed by atoms with Crippen LogP contribution in [0.5, 0.6) is 0 Å². The van der Waals surface area contributed by atoms with Crippen LogP contribution in [0, 0.1) is 17.7 Å². The van der Waals surface area contributed by atoms with Crippen LogP contribution in [0.2, 0.25) is 0 Å². The Morgan fingerprint density at radius 2 is 1.76 bits per heavy atom. The van der Waals surface area contributed by atoms with Crippen molar-refractivity contribution < 1.29 is 4.39 Å². The van der Waals surface area contributed by atoms with E-state index >= 15 is 0 Å². The van der Waals surface area contributed by atoms with E-state index < -0.39 is 0 Å². The lowest BCUT2D eigenvalue weighted by molar-refractivity contribution is 0.152. The molecule has 2 rings (SSSR count). The normalized spacial score (nSPS) is 17.8. The first-order valence-corrected chi connectivity index (χ1v) is 7.74. The number of nitrogens with zero attached hydrogens (tertiary/aromatic N) is 1. The van der Waals surface area contributed by atoms with E-state index in [2.05, 4.69) is 31.1 Å². The molecule has 1 N–H and O–H groups in total. The summed E-state index contributed by atoms with van der Waals surface area (Å²) >= 11 is 0. The molecule has 0 aliphatic carbocycles. The van der Waals surface area contributed by atoms with Crippen molar-refractivity contribution in [2.45, 2.75) is 32.7 Å². The van der Waals surface area contributed by atoms with E-state index in [0.717, 1.165) is 25.6 Å². The molecule has 4 heteroatoms. The second-order valence-corrected chi connectivity index (χ2v) is 6.37. The molecule has 1 atom stereocenters. The molecule has 0 bridgehead atoms. The third-order valence-electron chi connectivity index (χ3n) is 4.32. The predicted molar refractivity (Wildman–Crippen MR) is 89.5 cm³/mol. The fourth-order valence-electron chi connectivity index (χ4n) is 3.39. The van der Waals surface area contributed by atoms with E-state index in [9.17, 15) is 4.39 Å². The monoisotopic (exact) mass is 314 g/mol. The average Bonchev–Trinajstić information content (AvgIpc) is 2.42. The third-order valence-corrected chi connectivity index (χ3v) is 4.32. The van der Waals surface area contributed by atoms with Gasteiger partial charge in [-0.2, -0.15) is 0 Å². The highest BCUT2D eigenvalue weighted by atomic mass is 35.5. The van der Waals surface area contributed by atoms with E-state index in [4.69, 9.17) is 0 Å². The van der Waals surface area contributed by atoms with E-state index in [1.165, 1.54) is 18.4 Å². The van der Waals surface area contributed by atoms with Crippen molar-refractivity contribution in [1.29, 1.82) is 0 Å². The molecule has 1 fully saturated rings. The van der Waals surface area contributed by atoms with Crippen molar-refractivity contribution >= 4 is 12.4 Å². The van der Waals surface area contributed by atoms with Crippen LogP contribution in [0.3, 0.4) is 0 Å². The average molecular weight is 315 g/mol. The van der Waals surface area contributed by atoms with Crippen molar-refractivity contribution in [1.82, 2.24) is 10.2 Å². The number of halogens is 2. The molecular formula is C17H28ClFN2. The van der Waals surface area contributed by atoms with Crippen molar-refractivity contribution in [3.05, 3.63) is 35.6 Å². The molecule has 1 aromatic carbocycles. The number of nitrogens with one attached hydrogen (secondary N) is 1. The van der Waals surface area contributed by atoms with E-state index in [1.54, 1.807) is 12.1 Å². The molecule has 1 aliphatic rings.